The number of nitrogens with zero attached hydrogens (tertiary/aromatic N) is 1. The molecule has 0 amide bonds. The molecule has 1 fully saturated rings. The quantitative estimate of drug-likeness (QED) is 0.315. The van der Waals surface area contributed by atoms with Crippen LogP contribution in [-0.2, 0) is 9.53 Å². The Labute approximate surface area is 212 Å². The number of hydrazone groups is 1. The number of hydrogen-bond donors (Lipinski definition) is 2. The van der Waals surface area contributed by atoms with Gasteiger partial charge in [0.05, 0.1) is 12.3 Å². The maximum Gasteiger partial charge on any atom is 0.344 e. The number of fused-ring (bicyclic) bond motifs is 1. The summed E-state index contributed by atoms with van der Waals surface area (Å²) in [5.74, 6) is 0.931. The average Bonchev–Trinajstić information content (AvgIpc) is 2.84. The first-order valence-electron chi connectivity index (χ1n) is 12.2. The largest absolute Gasteiger partial charge is 0.486 e. The molecule has 35 heavy (non-hydrogen) atoms. The smallest absolute Gasteiger partial charge is 0.344 e. The van der Waals surface area contributed by atoms with Gasteiger partial charge in [0.2, 0.25) is 0 Å². The van der Waals surface area contributed by atoms with Crippen LogP contribution in [0.4, 0.5) is 5.69 Å². The van der Waals surface area contributed by atoms with Gasteiger partial charge in [-0.15, -0.1) is 0 Å². The van der Waals surface area contributed by atoms with E-state index in [1.807, 2.05) is 50.2 Å². The molecule has 2 aromatic rings. The Morgan fingerprint density at radius 2 is 1.89 bits per heavy atom. The molecule has 1 saturated carbocycles. The number of nitrogens with one attached hydrogen (secondary N) is 2. The maximum absolute atomic E-state index is 11.7. The van der Waals surface area contributed by atoms with E-state index >= 15 is 0 Å². The van der Waals surface area contributed by atoms with Crippen LogP contribution >= 0.6 is 12.2 Å². The van der Waals surface area contributed by atoms with Gasteiger partial charge in [-0.25, -0.2) is 4.79 Å². The van der Waals surface area contributed by atoms with E-state index in [0.717, 1.165) is 59.5 Å². The van der Waals surface area contributed by atoms with Gasteiger partial charge in [-0.2, -0.15) is 5.10 Å². The normalized spacial score (nSPS) is 17.3. The zero-order valence-electron chi connectivity index (χ0n) is 20.6. The first-order valence-corrected chi connectivity index (χ1v) is 12.6. The van der Waals surface area contributed by atoms with Crippen molar-refractivity contribution < 1.29 is 19.0 Å². The number of thiocarbonyl (C=S) groups is 1. The lowest BCUT2D eigenvalue weighted by molar-refractivity contribution is -0.145. The summed E-state index contributed by atoms with van der Waals surface area (Å²) in [4.78, 5) is 11.7. The van der Waals surface area contributed by atoms with Gasteiger partial charge >= 0.3 is 5.97 Å². The summed E-state index contributed by atoms with van der Waals surface area (Å²) in [6.07, 6.45) is 6.19. The van der Waals surface area contributed by atoms with E-state index < -0.39 is 5.97 Å². The molecule has 1 aliphatic carbocycles. The molecule has 0 aromatic heterocycles. The second-order valence-electron chi connectivity index (χ2n) is 9.17. The van der Waals surface area contributed by atoms with Crippen LogP contribution in [0, 0.1) is 13.8 Å². The molecule has 4 rings (SSSR count). The van der Waals surface area contributed by atoms with Crippen molar-refractivity contribution >= 4 is 34.7 Å². The molecule has 0 atom stereocenters. The summed E-state index contributed by atoms with van der Waals surface area (Å²) >= 11 is 5.55. The van der Waals surface area contributed by atoms with Gasteiger partial charge in [-0.3, -0.25) is 5.43 Å². The van der Waals surface area contributed by atoms with Crippen molar-refractivity contribution in [3.05, 3.63) is 53.1 Å². The minimum Gasteiger partial charge on any atom is -0.486 e. The second kappa shape index (κ2) is 11.1. The molecule has 0 saturated heterocycles. The van der Waals surface area contributed by atoms with E-state index in [9.17, 15) is 4.79 Å². The minimum absolute atomic E-state index is 0.147. The van der Waals surface area contributed by atoms with Crippen molar-refractivity contribution in [1.29, 1.82) is 0 Å². The Bertz CT molecular complexity index is 1110. The average molecular weight is 496 g/mol. The molecule has 2 N–H and O–H groups in total. The summed E-state index contributed by atoms with van der Waals surface area (Å²) in [6, 6.07) is 11.7. The molecule has 1 heterocycles. The van der Waals surface area contributed by atoms with Gasteiger partial charge in [-0.05, 0) is 88.0 Å². The van der Waals surface area contributed by atoms with Crippen molar-refractivity contribution in [2.45, 2.75) is 64.9 Å². The fourth-order valence-corrected chi connectivity index (χ4v) is 4.92. The highest BCUT2D eigenvalue weighted by Crippen LogP contribution is 2.43. The van der Waals surface area contributed by atoms with Crippen LogP contribution in [0.1, 0.15) is 62.1 Å². The number of rotatable bonds is 6. The third kappa shape index (κ3) is 6.11. The highest BCUT2D eigenvalue weighted by Gasteiger charge is 2.40. The molecule has 7 nitrogen and oxygen atoms in total. The van der Waals surface area contributed by atoms with Crippen molar-refractivity contribution in [2.24, 2.45) is 5.10 Å². The Balaban J connectivity index is 1.56. The number of hydrogen-bond acceptors (Lipinski definition) is 6. The van der Waals surface area contributed by atoms with Crippen LogP contribution in [-0.4, -0.2) is 35.6 Å². The first kappa shape index (κ1) is 25.0. The number of esters is 1. The molecule has 0 radical (unpaired) electrons. The third-order valence-corrected chi connectivity index (χ3v) is 6.71. The molecule has 0 unspecified atom stereocenters. The van der Waals surface area contributed by atoms with Crippen molar-refractivity contribution in [3.8, 4) is 11.5 Å². The molecule has 1 aliphatic heterocycles. The summed E-state index contributed by atoms with van der Waals surface area (Å²) < 4.78 is 17.2. The molecule has 2 aromatic carbocycles. The molecule has 0 bridgehead atoms. The third-order valence-electron chi connectivity index (χ3n) is 6.52. The predicted octanol–water partition coefficient (Wildman–Crippen LogP) is 5.42. The fraction of sp³-hybridized carbons (Fsp3) is 0.444. The predicted molar refractivity (Wildman–Crippen MR) is 141 cm³/mol. The van der Waals surface area contributed by atoms with Gasteiger partial charge in [0.25, 0.3) is 0 Å². The Kier molecular flexibility index (Phi) is 7.90. The van der Waals surface area contributed by atoms with Crippen molar-refractivity contribution in [2.75, 3.05) is 18.5 Å². The van der Waals surface area contributed by atoms with Gasteiger partial charge in [0.1, 0.15) is 17.1 Å². The van der Waals surface area contributed by atoms with Crippen LogP contribution in [0.3, 0.4) is 0 Å². The number of benzene rings is 2. The minimum atomic E-state index is -0.402. The van der Waals surface area contributed by atoms with E-state index in [4.69, 9.17) is 31.5 Å². The molecule has 2 aliphatic rings. The number of carbonyl (C=O) groups is 1. The fourth-order valence-electron chi connectivity index (χ4n) is 4.77. The first-order chi connectivity index (χ1) is 16.9. The van der Waals surface area contributed by atoms with Gasteiger partial charge < -0.3 is 19.5 Å². The lowest BCUT2D eigenvalue weighted by Crippen LogP contribution is -2.44. The van der Waals surface area contributed by atoms with Crippen molar-refractivity contribution in [3.63, 3.8) is 0 Å². The van der Waals surface area contributed by atoms with Crippen LogP contribution < -0.4 is 20.2 Å². The molecule has 8 heteroatoms. The highest BCUT2D eigenvalue weighted by atomic mass is 32.1. The van der Waals surface area contributed by atoms with Gasteiger partial charge in [0.15, 0.2) is 11.7 Å². The molecule has 186 valence electrons. The Morgan fingerprint density at radius 3 is 2.60 bits per heavy atom. The summed E-state index contributed by atoms with van der Waals surface area (Å²) in [7, 11) is 0. The molecular formula is C27H33N3O4S. The van der Waals surface area contributed by atoms with Gasteiger partial charge in [-0.1, -0.05) is 24.6 Å². The van der Waals surface area contributed by atoms with Crippen LogP contribution in [0.15, 0.2) is 41.5 Å². The zero-order valence-corrected chi connectivity index (χ0v) is 21.4. The van der Waals surface area contributed by atoms with Gasteiger partial charge in [0, 0.05) is 17.7 Å². The number of carbonyl (C=O) groups excluding carboxylic acids is 1. The highest BCUT2D eigenvalue weighted by molar-refractivity contribution is 7.80. The van der Waals surface area contributed by atoms with Crippen LogP contribution in [0.5, 0.6) is 11.5 Å². The number of anilines is 1. The van der Waals surface area contributed by atoms with E-state index in [1.165, 1.54) is 6.42 Å². The standard InChI is InChI=1S/C27H33N3O4S/c1-4-32-24(31)17-33-20-11-12-23-21(15-20)22(16-27(34-23)13-6-5-7-14-27)29-30-26(35)28-25-18(2)9-8-10-19(25)3/h8-12,15H,4-7,13-14,16-17H2,1-3H3,(H2,28,30,35)/b29-22-. The monoisotopic (exact) mass is 495 g/mol. The van der Waals surface area contributed by atoms with E-state index in [2.05, 4.69) is 10.7 Å². The van der Waals surface area contributed by atoms with Crippen LogP contribution in [0.2, 0.25) is 0 Å². The summed E-state index contributed by atoms with van der Waals surface area (Å²) in [5.41, 5.74) is 7.70. The number of para-hydroxylation sites is 1. The number of ether oxygens (including phenoxy) is 3. The van der Waals surface area contributed by atoms with Crippen molar-refractivity contribution in [1.82, 2.24) is 5.43 Å². The van der Waals surface area contributed by atoms with E-state index in [-0.39, 0.29) is 12.2 Å². The SMILES string of the molecule is CCOC(=O)COc1ccc2c(c1)/C(=N\NC(=S)Nc1c(C)cccc1C)CC1(CCCCC1)O2. The van der Waals surface area contributed by atoms with E-state index in [0.29, 0.717) is 23.9 Å². The Morgan fingerprint density at radius 1 is 1.14 bits per heavy atom. The molecule has 1 spiro atoms. The van der Waals surface area contributed by atoms with Crippen LogP contribution in [0.25, 0.3) is 0 Å². The number of aryl methyl sites for hydroxylation is 2. The molecular weight excluding hydrogens is 462 g/mol. The topological polar surface area (TPSA) is 81.2 Å². The van der Waals surface area contributed by atoms with E-state index in [1.54, 1.807) is 6.92 Å². The maximum atomic E-state index is 11.7. The Hall–Kier alpha value is -3.13. The lowest BCUT2D eigenvalue weighted by Gasteiger charge is -2.41. The summed E-state index contributed by atoms with van der Waals surface area (Å²) in [5, 5.41) is 8.43. The lowest BCUT2D eigenvalue weighted by atomic mass is 9.78. The second-order valence-corrected chi connectivity index (χ2v) is 9.57. The zero-order chi connectivity index (χ0) is 24.8. The summed E-state index contributed by atoms with van der Waals surface area (Å²) in [6.45, 7) is 6.03.